The van der Waals surface area contributed by atoms with Gasteiger partial charge in [0.1, 0.15) is 0 Å². The van der Waals surface area contributed by atoms with Crippen LogP contribution in [0.1, 0.15) is 48.6 Å². The van der Waals surface area contributed by atoms with Gasteiger partial charge in [0.2, 0.25) is 5.89 Å². The summed E-state index contributed by atoms with van der Waals surface area (Å²) >= 11 is 0. The number of benzene rings is 1. The second-order valence-electron chi connectivity index (χ2n) is 5.69. The van der Waals surface area contributed by atoms with E-state index < -0.39 is 0 Å². The molecule has 5 heteroatoms. The number of fused-ring (bicyclic) bond motifs is 1. The molecule has 112 valence electrons. The van der Waals surface area contributed by atoms with Crippen LogP contribution < -0.4 is 10.6 Å². The summed E-state index contributed by atoms with van der Waals surface area (Å²) < 4.78 is 5.23. The Morgan fingerprint density at radius 1 is 1.43 bits per heavy atom. The van der Waals surface area contributed by atoms with Crippen molar-refractivity contribution in [3.8, 4) is 0 Å². The number of aryl methyl sites for hydroxylation is 2. The molecule has 21 heavy (non-hydrogen) atoms. The van der Waals surface area contributed by atoms with E-state index in [1.54, 1.807) is 0 Å². The quantitative estimate of drug-likeness (QED) is 0.935. The first-order valence-electron chi connectivity index (χ1n) is 7.61. The van der Waals surface area contributed by atoms with Crippen molar-refractivity contribution in [2.24, 2.45) is 5.73 Å². The standard InChI is InChI=1S/C16H22N4O/c1-3-5-14-18-16(19-21-14)15(17)12-7-8-13-11(10-12)6-4-9-20(13)2/h7-8,10,15H,3-6,9,17H2,1-2H3. The van der Waals surface area contributed by atoms with Gasteiger partial charge < -0.3 is 15.2 Å². The van der Waals surface area contributed by atoms with Crippen LogP contribution >= 0.6 is 0 Å². The second kappa shape index (κ2) is 5.85. The fourth-order valence-electron chi connectivity index (χ4n) is 2.86. The highest BCUT2D eigenvalue weighted by Crippen LogP contribution is 2.29. The van der Waals surface area contributed by atoms with Crippen molar-refractivity contribution in [1.29, 1.82) is 0 Å². The van der Waals surface area contributed by atoms with Crippen molar-refractivity contribution in [2.45, 2.75) is 38.6 Å². The van der Waals surface area contributed by atoms with Gasteiger partial charge in [-0.15, -0.1) is 0 Å². The number of rotatable bonds is 4. The van der Waals surface area contributed by atoms with Crippen LogP contribution in [0.4, 0.5) is 5.69 Å². The molecule has 0 radical (unpaired) electrons. The molecule has 1 unspecified atom stereocenters. The average molecular weight is 286 g/mol. The number of hydrogen-bond donors (Lipinski definition) is 1. The van der Waals surface area contributed by atoms with Crippen LogP contribution in [0, 0.1) is 0 Å². The Kier molecular flexibility index (Phi) is 3.92. The van der Waals surface area contributed by atoms with Crippen molar-refractivity contribution in [3.05, 3.63) is 41.0 Å². The lowest BCUT2D eigenvalue weighted by Gasteiger charge is -2.28. The van der Waals surface area contributed by atoms with Gasteiger partial charge in [0.15, 0.2) is 5.82 Å². The van der Waals surface area contributed by atoms with E-state index in [0.717, 1.165) is 31.4 Å². The fraction of sp³-hybridized carbons (Fsp3) is 0.500. The number of aromatic nitrogens is 2. The highest BCUT2D eigenvalue weighted by atomic mass is 16.5. The Morgan fingerprint density at radius 3 is 3.10 bits per heavy atom. The molecule has 3 rings (SSSR count). The van der Waals surface area contributed by atoms with Crippen molar-refractivity contribution in [3.63, 3.8) is 0 Å². The molecule has 2 aromatic rings. The molecule has 1 aromatic carbocycles. The highest BCUT2D eigenvalue weighted by Gasteiger charge is 2.19. The number of nitrogens with two attached hydrogens (primary N) is 1. The van der Waals surface area contributed by atoms with Gasteiger partial charge in [-0.25, -0.2) is 0 Å². The van der Waals surface area contributed by atoms with E-state index in [2.05, 4.69) is 47.2 Å². The van der Waals surface area contributed by atoms with Crippen LogP contribution in [0.5, 0.6) is 0 Å². The minimum atomic E-state index is -0.322. The third-order valence-electron chi connectivity index (χ3n) is 4.04. The van der Waals surface area contributed by atoms with Crippen molar-refractivity contribution >= 4 is 5.69 Å². The van der Waals surface area contributed by atoms with E-state index in [9.17, 15) is 0 Å². The molecule has 1 aromatic heterocycles. The largest absolute Gasteiger partial charge is 0.374 e. The normalized spacial score (nSPS) is 15.9. The molecule has 0 aliphatic carbocycles. The summed E-state index contributed by atoms with van der Waals surface area (Å²) in [7, 11) is 2.13. The molecule has 2 heterocycles. The summed E-state index contributed by atoms with van der Waals surface area (Å²) in [6, 6.07) is 6.08. The van der Waals surface area contributed by atoms with E-state index in [1.807, 2.05) is 0 Å². The Labute approximate surface area is 125 Å². The topological polar surface area (TPSA) is 68.2 Å². The molecule has 0 amide bonds. The zero-order valence-corrected chi connectivity index (χ0v) is 12.7. The van der Waals surface area contributed by atoms with Crippen LogP contribution in [-0.2, 0) is 12.8 Å². The maximum absolute atomic E-state index is 6.29. The van der Waals surface area contributed by atoms with Gasteiger partial charge in [0.25, 0.3) is 0 Å². The van der Waals surface area contributed by atoms with Gasteiger partial charge in [-0.1, -0.05) is 24.2 Å². The SMILES string of the molecule is CCCc1nc(C(N)c2ccc3c(c2)CCCN3C)no1. The first-order valence-corrected chi connectivity index (χ1v) is 7.61. The maximum Gasteiger partial charge on any atom is 0.226 e. The molecule has 5 nitrogen and oxygen atoms in total. The van der Waals surface area contributed by atoms with E-state index in [4.69, 9.17) is 10.3 Å². The van der Waals surface area contributed by atoms with E-state index in [-0.39, 0.29) is 6.04 Å². The Morgan fingerprint density at radius 2 is 2.29 bits per heavy atom. The van der Waals surface area contributed by atoms with Crippen LogP contribution in [0.2, 0.25) is 0 Å². The summed E-state index contributed by atoms with van der Waals surface area (Å²) in [5, 5.41) is 4.02. The Bertz CT molecular complexity index is 622. The van der Waals surface area contributed by atoms with Crippen LogP contribution in [-0.4, -0.2) is 23.7 Å². The second-order valence-corrected chi connectivity index (χ2v) is 5.69. The summed E-state index contributed by atoms with van der Waals surface area (Å²) in [6.45, 7) is 3.20. The molecule has 0 saturated carbocycles. The Balaban J connectivity index is 1.85. The van der Waals surface area contributed by atoms with Gasteiger partial charge >= 0.3 is 0 Å². The zero-order valence-electron chi connectivity index (χ0n) is 12.7. The summed E-state index contributed by atoms with van der Waals surface area (Å²) in [6.07, 6.45) is 4.08. The minimum absolute atomic E-state index is 0.322. The third kappa shape index (κ3) is 2.78. The van der Waals surface area contributed by atoms with Crippen molar-refractivity contribution in [2.75, 3.05) is 18.5 Å². The lowest BCUT2D eigenvalue weighted by atomic mass is 9.97. The molecule has 1 atom stereocenters. The Hall–Kier alpha value is -1.88. The monoisotopic (exact) mass is 286 g/mol. The molecular weight excluding hydrogens is 264 g/mol. The van der Waals surface area contributed by atoms with Crippen molar-refractivity contribution < 1.29 is 4.52 Å². The van der Waals surface area contributed by atoms with Gasteiger partial charge in [0, 0.05) is 25.7 Å². The fourth-order valence-corrected chi connectivity index (χ4v) is 2.86. The predicted octanol–water partition coefficient (Wildman–Crippen LogP) is 2.45. The molecule has 1 aliphatic rings. The molecule has 0 fully saturated rings. The van der Waals surface area contributed by atoms with Crippen LogP contribution in [0.15, 0.2) is 22.7 Å². The number of nitrogens with zero attached hydrogens (tertiary/aromatic N) is 3. The van der Waals surface area contributed by atoms with Crippen LogP contribution in [0.25, 0.3) is 0 Å². The number of anilines is 1. The predicted molar refractivity (Wildman–Crippen MR) is 82.4 cm³/mol. The maximum atomic E-state index is 6.29. The number of hydrogen-bond acceptors (Lipinski definition) is 5. The summed E-state index contributed by atoms with van der Waals surface area (Å²) in [5.41, 5.74) is 10.0. The van der Waals surface area contributed by atoms with E-state index >= 15 is 0 Å². The van der Waals surface area contributed by atoms with Crippen molar-refractivity contribution in [1.82, 2.24) is 10.1 Å². The van der Waals surface area contributed by atoms with E-state index in [1.165, 1.54) is 17.7 Å². The highest BCUT2D eigenvalue weighted by molar-refractivity contribution is 5.56. The van der Waals surface area contributed by atoms with E-state index in [0.29, 0.717) is 11.7 Å². The molecule has 0 spiro atoms. The first kappa shape index (κ1) is 14.1. The van der Waals surface area contributed by atoms with Gasteiger partial charge in [-0.3, -0.25) is 0 Å². The smallest absolute Gasteiger partial charge is 0.226 e. The third-order valence-corrected chi connectivity index (χ3v) is 4.04. The average Bonchev–Trinajstić information content (AvgIpc) is 2.95. The molecule has 0 bridgehead atoms. The molecule has 2 N–H and O–H groups in total. The lowest BCUT2D eigenvalue weighted by Crippen LogP contribution is -2.25. The summed E-state index contributed by atoms with van der Waals surface area (Å²) in [5.74, 6) is 1.24. The lowest BCUT2D eigenvalue weighted by molar-refractivity contribution is 0.370. The first-order chi connectivity index (χ1) is 10.2. The zero-order chi connectivity index (χ0) is 14.8. The van der Waals surface area contributed by atoms with Crippen LogP contribution in [0.3, 0.4) is 0 Å². The van der Waals surface area contributed by atoms with Gasteiger partial charge in [-0.2, -0.15) is 4.98 Å². The molecule has 0 saturated heterocycles. The van der Waals surface area contributed by atoms with Gasteiger partial charge in [-0.05, 0) is 36.5 Å². The van der Waals surface area contributed by atoms with Gasteiger partial charge in [0.05, 0.1) is 6.04 Å². The molecule has 1 aliphatic heterocycles. The molecular formula is C16H22N4O. The summed E-state index contributed by atoms with van der Waals surface area (Å²) in [4.78, 5) is 6.68. The minimum Gasteiger partial charge on any atom is -0.374 e.